The minimum Gasteiger partial charge on any atom is -0.455 e. The van der Waals surface area contributed by atoms with Crippen molar-refractivity contribution >= 4 is 11.9 Å². The van der Waals surface area contributed by atoms with Crippen LogP contribution < -0.4 is 0 Å². The number of rotatable bonds is 36. The van der Waals surface area contributed by atoms with Gasteiger partial charge in [-0.3, -0.25) is 9.59 Å². The molecule has 0 aromatic heterocycles. The van der Waals surface area contributed by atoms with Gasteiger partial charge in [0.2, 0.25) is 0 Å². The highest BCUT2D eigenvalue weighted by atomic mass is 16.7. The van der Waals surface area contributed by atoms with Crippen molar-refractivity contribution in [2.75, 3.05) is 13.7 Å². The maximum Gasteiger partial charge on any atom is 0.306 e. The molecular formula is C43H82O8. The average molecular weight is 727 g/mol. The van der Waals surface area contributed by atoms with E-state index < -0.39 is 49.3 Å². The molecule has 2 N–H and O–H groups in total. The van der Waals surface area contributed by atoms with E-state index in [0.29, 0.717) is 12.8 Å². The number of carbonyl (C=O) groups is 2. The van der Waals surface area contributed by atoms with Crippen LogP contribution in [0, 0.1) is 0 Å². The SMILES string of the molecule is CCCCCCCCCCCCCCCCCC(=O)O[C@H]1[C@H](O)[C@@H](CO)OC(OC)[C@@H]1OC(=O)CCCCCCCCCCCCCCCCC. The molecule has 0 saturated carbocycles. The fourth-order valence-electron chi connectivity index (χ4n) is 7.19. The van der Waals surface area contributed by atoms with Gasteiger partial charge in [0.15, 0.2) is 18.5 Å². The molecule has 1 unspecified atom stereocenters. The van der Waals surface area contributed by atoms with Crippen molar-refractivity contribution in [2.24, 2.45) is 0 Å². The Labute approximate surface area is 313 Å². The van der Waals surface area contributed by atoms with E-state index in [-0.39, 0.29) is 12.8 Å². The van der Waals surface area contributed by atoms with Crippen LogP contribution in [0.25, 0.3) is 0 Å². The predicted octanol–water partition coefficient (Wildman–Crippen LogP) is 11.1. The van der Waals surface area contributed by atoms with E-state index in [1.165, 1.54) is 161 Å². The van der Waals surface area contributed by atoms with Crippen molar-refractivity contribution in [3.8, 4) is 0 Å². The zero-order valence-corrected chi connectivity index (χ0v) is 33.6. The average Bonchev–Trinajstić information content (AvgIpc) is 3.13. The summed E-state index contributed by atoms with van der Waals surface area (Å²) in [6.45, 7) is 4.05. The highest BCUT2D eigenvalue weighted by Crippen LogP contribution is 2.28. The second-order valence-electron chi connectivity index (χ2n) is 15.3. The first-order chi connectivity index (χ1) is 25.0. The molecule has 1 saturated heterocycles. The summed E-state index contributed by atoms with van der Waals surface area (Å²) in [6.07, 6.45) is 32.2. The van der Waals surface area contributed by atoms with E-state index >= 15 is 0 Å². The third kappa shape index (κ3) is 25.4. The zero-order valence-electron chi connectivity index (χ0n) is 33.6. The van der Waals surface area contributed by atoms with E-state index in [9.17, 15) is 19.8 Å². The Balaban J connectivity index is 2.25. The number of unbranched alkanes of at least 4 members (excludes halogenated alkanes) is 28. The Morgan fingerprint density at radius 1 is 0.490 bits per heavy atom. The fourth-order valence-corrected chi connectivity index (χ4v) is 7.19. The maximum atomic E-state index is 12.8. The van der Waals surface area contributed by atoms with Crippen LogP contribution in [0.3, 0.4) is 0 Å². The van der Waals surface area contributed by atoms with Gasteiger partial charge in [-0.1, -0.05) is 194 Å². The van der Waals surface area contributed by atoms with Gasteiger partial charge in [-0.25, -0.2) is 0 Å². The van der Waals surface area contributed by atoms with E-state index in [4.69, 9.17) is 18.9 Å². The summed E-state index contributed by atoms with van der Waals surface area (Å²) >= 11 is 0. The van der Waals surface area contributed by atoms with Crippen LogP contribution >= 0.6 is 0 Å². The van der Waals surface area contributed by atoms with Crippen molar-refractivity contribution in [1.29, 1.82) is 0 Å². The quantitative estimate of drug-likeness (QED) is 0.0485. The molecule has 0 spiro atoms. The van der Waals surface area contributed by atoms with Gasteiger partial charge in [-0.15, -0.1) is 0 Å². The molecule has 0 amide bonds. The van der Waals surface area contributed by atoms with Crippen LogP contribution in [-0.4, -0.2) is 66.6 Å². The van der Waals surface area contributed by atoms with Gasteiger partial charge >= 0.3 is 11.9 Å². The van der Waals surface area contributed by atoms with Crippen LogP contribution in [0.1, 0.15) is 219 Å². The number of aliphatic hydroxyl groups is 2. The van der Waals surface area contributed by atoms with Crippen LogP contribution in [0.4, 0.5) is 0 Å². The Kier molecular flexibility index (Phi) is 32.4. The zero-order chi connectivity index (χ0) is 37.2. The van der Waals surface area contributed by atoms with Crippen LogP contribution in [-0.2, 0) is 28.5 Å². The molecule has 51 heavy (non-hydrogen) atoms. The van der Waals surface area contributed by atoms with Crippen molar-refractivity contribution in [1.82, 2.24) is 0 Å². The number of hydrogen-bond donors (Lipinski definition) is 2. The van der Waals surface area contributed by atoms with Gasteiger partial charge in [0.25, 0.3) is 0 Å². The topological polar surface area (TPSA) is 112 Å². The van der Waals surface area contributed by atoms with Crippen LogP contribution in [0.5, 0.6) is 0 Å². The Hall–Kier alpha value is -1.22. The van der Waals surface area contributed by atoms with Gasteiger partial charge in [-0.05, 0) is 12.8 Å². The van der Waals surface area contributed by atoms with Gasteiger partial charge < -0.3 is 29.2 Å². The standard InChI is InChI=1S/C43H82O8/c1-4-6-8-10-12-14-16-18-20-22-24-26-28-30-32-34-38(45)50-41-40(47)37(36-44)49-43(48-3)42(41)51-39(46)35-33-31-29-27-25-23-21-19-17-15-13-11-9-7-5-2/h37,40-44,47H,4-36H2,1-3H3/t37-,40-,41+,42-,43?/m1/s1. The Bertz CT molecular complexity index is 792. The Morgan fingerprint density at radius 3 is 1.08 bits per heavy atom. The number of esters is 2. The molecule has 302 valence electrons. The molecule has 1 aliphatic heterocycles. The van der Waals surface area contributed by atoms with Gasteiger partial charge in [0, 0.05) is 20.0 Å². The molecule has 1 heterocycles. The van der Waals surface area contributed by atoms with Gasteiger partial charge in [-0.2, -0.15) is 0 Å². The number of methoxy groups -OCH3 is 1. The summed E-state index contributed by atoms with van der Waals surface area (Å²) in [5, 5.41) is 20.6. The highest BCUT2D eigenvalue weighted by molar-refractivity contribution is 5.70. The molecule has 8 nitrogen and oxygen atoms in total. The van der Waals surface area contributed by atoms with Gasteiger partial charge in [0.1, 0.15) is 12.2 Å². The normalized spacial score (nSPS) is 20.5. The molecule has 1 rings (SSSR count). The highest BCUT2D eigenvalue weighted by Gasteiger charge is 2.49. The smallest absolute Gasteiger partial charge is 0.306 e. The molecule has 0 aliphatic carbocycles. The third-order valence-corrected chi connectivity index (χ3v) is 10.5. The monoisotopic (exact) mass is 727 g/mol. The lowest BCUT2D eigenvalue weighted by molar-refractivity contribution is -0.300. The summed E-state index contributed by atoms with van der Waals surface area (Å²) in [5.74, 6) is -0.885. The number of ether oxygens (including phenoxy) is 4. The van der Waals surface area contributed by atoms with Crippen molar-refractivity contribution < 1.29 is 38.7 Å². The molecule has 0 aromatic carbocycles. The molecule has 0 aromatic rings. The van der Waals surface area contributed by atoms with Crippen molar-refractivity contribution in [3.63, 3.8) is 0 Å². The lowest BCUT2D eigenvalue weighted by atomic mass is 9.98. The molecule has 0 bridgehead atoms. The second-order valence-corrected chi connectivity index (χ2v) is 15.3. The van der Waals surface area contributed by atoms with Crippen molar-refractivity contribution in [3.05, 3.63) is 0 Å². The predicted molar refractivity (Wildman–Crippen MR) is 208 cm³/mol. The number of hydrogen-bond acceptors (Lipinski definition) is 8. The summed E-state index contributed by atoms with van der Waals surface area (Å²) in [6, 6.07) is 0. The second kappa shape index (κ2) is 34.5. The first kappa shape index (κ1) is 47.8. The molecule has 8 heteroatoms. The van der Waals surface area contributed by atoms with Crippen molar-refractivity contribution in [2.45, 2.75) is 250 Å². The number of aliphatic hydroxyl groups excluding tert-OH is 2. The lowest BCUT2D eigenvalue weighted by Crippen LogP contribution is -2.61. The first-order valence-corrected chi connectivity index (χ1v) is 21.8. The number of carbonyl (C=O) groups excluding carboxylic acids is 2. The van der Waals surface area contributed by atoms with E-state index in [1.54, 1.807) is 0 Å². The minimum atomic E-state index is -1.34. The third-order valence-electron chi connectivity index (χ3n) is 10.5. The van der Waals surface area contributed by atoms with E-state index in [0.717, 1.165) is 25.7 Å². The van der Waals surface area contributed by atoms with E-state index in [1.807, 2.05) is 0 Å². The van der Waals surface area contributed by atoms with Gasteiger partial charge in [0.05, 0.1) is 6.61 Å². The van der Waals surface area contributed by atoms with E-state index in [2.05, 4.69) is 13.8 Å². The Morgan fingerprint density at radius 2 is 0.784 bits per heavy atom. The maximum absolute atomic E-state index is 12.8. The molecule has 0 radical (unpaired) electrons. The minimum absolute atomic E-state index is 0.226. The largest absolute Gasteiger partial charge is 0.455 e. The first-order valence-electron chi connectivity index (χ1n) is 21.8. The summed E-state index contributed by atoms with van der Waals surface area (Å²) in [5.41, 5.74) is 0. The summed E-state index contributed by atoms with van der Waals surface area (Å²) < 4.78 is 22.5. The lowest BCUT2D eigenvalue weighted by Gasteiger charge is -2.42. The molecular weight excluding hydrogens is 644 g/mol. The molecule has 1 aliphatic rings. The summed E-state index contributed by atoms with van der Waals surface area (Å²) in [7, 11) is 1.40. The summed E-state index contributed by atoms with van der Waals surface area (Å²) in [4.78, 5) is 25.6. The van der Waals surface area contributed by atoms with Crippen LogP contribution in [0.2, 0.25) is 0 Å². The fraction of sp³-hybridized carbons (Fsp3) is 0.953. The molecule has 5 atom stereocenters. The molecule has 1 fully saturated rings. The van der Waals surface area contributed by atoms with Crippen LogP contribution in [0.15, 0.2) is 0 Å².